The van der Waals surface area contributed by atoms with Crippen LogP contribution < -0.4 is 0 Å². The first kappa shape index (κ1) is 11.3. The molecule has 0 aliphatic rings. The normalized spacial score (nSPS) is 11.5. The van der Waals surface area contributed by atoms with Crippen LogP contribution in [0.3, 0.4) is 0 Å². The van der Waals surface area contributed by atoms with Crippen LogP contribution in [-0.2, 0) is 9.53 Å². The van der Waals surface area contributed by atoms with E-state index in [1.165, 1.54) is 13.2 Å². The Bertz CT molecular complexity index is 588. The topological polar surface area (TPSA) is 39.2 Å². The van der Waals surface area contributed by atoms with E-state index in [9.17, 15) is 4.79 Å². The molecule has 1 heterocycles. The summed E-state index contributed by atoms with van der Waals surface area (Å²) in [5, 5.41) is 1.09. The first-order valence-electron chi connectivity index (χ1n) is 5.32. The fourth-order valence-electron chi connectivity index (χ4n) is 1.63. The smallest absolute Gasteiger partial charge is 0.330 e. The number of fused-ring (bicyclic) bond motifs is 1. The highest BCUT2D eigenvalue weighted by Gasteiger charge is 2.01. The van der Waals surface area contributed by atoms with Gasteiger partial charge in [0.25, 0.3) is 0 Å². The van der Waals surface area contributed by atoms with Crippen molar-refractivity contribution < 1.29 is 9.53 Å². The summed E-state index contributed by atoms with van der Waals surface area (Å²) in [5.41, 5.74) is 2.76. The lowest BCUT2D eigenvalue weighted by molar-refractivity contribution is -0.134. The largest absolute Gasteiger partial charge is 0.466 e. The molecule has 0 fully saturated rings. The number of hydrogen-bond donors (Lipinski definition) is 0. The van der Waals surface area contributed by atoms with Crippen LogP contribution in [0.25, 0.3) is 16.5 Å². The number of ether oxygens (including phenoxy) is 1. The van der Waals surface area contributed by atoms with Gasteiger partial charge in [0.15, 0.2) is 0 Å². The van der Waals surface area contributed by atoms with Gasteiger partial charge in [0, 0.05) is 17.7 Å². The third kappa shape index (κ3) is 2.50. The van der Waals surface area contributed by atoms with E-state index >= 15 is 0 Å². The summed E-state index contributed by atoms with van der Waals surface area (Å²) in [6.07, 6.45) is 3.23. The Morgan fingerprint density at radius 3 is 2.94 bits per heavy atom. The molecule has 1 aromatic carbocycles. The number of hydrogen-bond acceptors (Lipinski definition) is 3. The Kier molecular flexibility index (Phi) is 3.19. The summed E-state index contributed by atoms with van der Waals surface area (Å²) in [6, 6.07) is 9.83. The minimum absolute atomic E-state index is 0.344. The SMILES string of the molecule is COC(=O)/C=C(/C)c1ccc2cccnc2c1. The van der Waals surface area contributed by atoms with E-state index in [-0.39, 0.29) is 5.97 Å². The molecule has 1 aromatic heterocycles. The lowest BCUT2D eigenvalue weighted by Gasteiger charge is -2.03. The predicted octanol–water partition coefficient (Wildman–Crippen LogP) is 2.81. The van der Waals surface area contributed by atoms with E-state index in [1.54, 1.807) is 6.20 Å². The van der Waals surface area contributed by atoms with Crippen molar-refractivity contribution in [3.8, 4) is 0 Å². The second-order valence-corrected chi connectivity index (χ2v) is 3.76. The lowest BCUT2D eigenvalue weighted by Crippen LogP contribution is -1.95. The molecule has 0 aliphatic heterocycles. The molecule has 2 rings (SSSR count). The summed E-state index contributed by atoms with van der Waals surface area (Å²) < 4.78 is 4.60. The molecule has 0 saturated heterocycles. The number of pyridine rings is 1. The quantitative estimate of drug-likeness (QED) is 0.585. The van der Waals surface area contributed by atoms with Crippen LogP contribution in [0, 0.1) is 0 Å². The van der Waals surface area contributed by atoms with E-state index in [4.69, 9.17) is 0 Å². The van der Waals surface area contributed by atoms with Crippen LogP contribution in [0.2, 0.25) is 0 Å². The zero-order valence-corrected chi connectivity index (χ0v) is 9.81. The van der Waals surface area contributed by atoms with Crippen molar-refractivity contribution in [2.75, 3.05) is 7.11 Å². The molecule has 3 nitrogen and oxygen atoms in total. The van der Waals surface area contributed by atoms with E-state index in [1.807, 2.05) is 37.3 Å². The molecule has 0 radical (unpaired) electrons. The summed E-state index contributed by atoms with van der Waals surface area (Å²) in [7, 11) is 1.37. The first-order chi connectivity index (χ1) is 8.20. The van der Waals surface area contributed by atoms with Gasteiger partial charge in [-0.3, -0.25) is 4.98 Å². The van der Waals surface area contributed by atoms with Gasteiger partial charge in [-0.15, -0.1) is 0 Å². The highest BCUT2D eigenvalue weighted by molar-refractivity contribution is 5.92. The Labute approximate surface area is 99.7 Å². The molecule has 3 heteroatoms. The van der Waals surface area contributed by atoms with Crippen LogP contribution in [0.5, 0.6) is 0 Å². The third-order valence-electron chi connectivity index (χ3n) is 2.60. The molecule has 0 N–H and O–H groups in total. The van der Waals surface area contributed by atoms with Gasteiger partial charge in [-0.05, 0) is 30.2 Å². The number of rotatable bonds is 2. The summed E-state index contributed by atoms with van der Waals surface area (Å²) >= 11 is 0. The Morgan fingerprint density at radius 2 is 2.18 bits per heavy atom. The van der Waals surface area contributed by atoms with Crippen LogP contribution in [-0.4, -0.2) is 18.1 Å². The van der Waals surface area contributed by atoms with Crippen LogP contribution in [0.1, 0.15) is 12.5 Å². The van der Waals surface area contributed by atoms with E-state index in [0.29, 0.717) is 0 Å². The molecule has 0 atom stereocenters. The fourth-order valence-corrected chi connectivity index (χ4v) is 1.63. The zero-order valence-electron chi connectivity index (χ0n) is 9.81. The Morgan fingerprint density at radius 1 is 1.35 bits per heavy atom. The third-order valence-corrected chi connectivity index (χ3v) is 2.60. The summed E-state index contributed by atoms with van der Waals surface area (Å²) in [4.78, 5) is 15.4. The van der Waals surface area contributed by atoms with Crippen molar-refractivity contribution in [3.63, 3.8) is 0 Å². The molecule has 0 saturated carbocycles. The minimum atomic E-state index is -0.344. The second-order valence-electron chi connectivity index (χ2n) is 3.76. The van der Waals surface area contributed by atoms with Crippen molar-refractivity contribution >= 4 is 22.4 Å². The molecule has 0 unspecified atom stereocenters. The molecule has 2 aromatic rings. The van der Waals surface area contributed by atoms with Crippen LogP contribution in [0.4, 0.5) is 0 Å². The molecular weight excluding hydrogens is 214 g/mol. The number of nitrogens with zero attached hydrogens (tertiary/aromatic N) is 1. The number of benzene rings is 1. The van der Waals surface area contributed by atoms with Crippen LogP contribution >= 0.6 is 0 Å². The van der Waals surface area contributed by atoms with Gasteiger partial charge in [-0.2, -0.15) is 0 Å². The van der Waals surface area contributed by atoms with E-state index in [2.05, 4.69) is 9.72 Å². The van der Waals surface area contributed by atoms with E-state index in [0.717, 1.165) is 22.0 Å². The Balaban J connectivity index is 2.43. The first-order valence-corrected chi connectivity index (χ1v) is 5.32. The monoisotopic (exact) mass is 227 g/mol. The average molecular weight is 227 g/mol. The van der Waals surface area contributed by atoms with Crippen molar-refractivity contribution in [2.24, 2.45) is 0 Å². The van der Waals surface area contributed by atoms with Gasteiger partial charge in [-0.1, -0.05) is 18.2 Å². The van der Waals surface area contributed by atoms with Gasteiger partial charge in [-0.25, -0.2) is 4.79 Å². The molecule has 0 aliphatic carbocycles. The van der Waals surface area contributed by atoms with Gasteiger partial charge in [0.1, 0.15) is 0 Å². The maximum absolute atomic E-state index is 11.1. The maximum Gasteiger partial charge on any atom is 0.330 e. The van der Waals surface area contributed by atoms with Crippen molar-refractivity contribution in [1.82, 2.24) is 4.98 Å². The van der Waals surface area contributed by atoms with Gasteiger partial charge in [0.2, 0.25) is 0 Å². The number of carbonyl (C=O) groups is 1. The second kappa shape index (κ2) is 4.78. The highest BCUT2D eigenvalue weighted by atomic mass is 16.5. The van der Waals surface area contributed by atoms with Gasteiger partial charge in [0.05, 0.1) is 12.6 Å². The van der Waals surface area contributed by atoms with E-state index < -0.39 is 0 Å². The van der Waals surface area contributed by atoms with Crippen LogP contribution in [0.15, 0.2) is 42.6 Å². The number of carbonyl (C=O) groups excluding carboxylic acids is 1. The zero-order chi connectivity index (χ0) is 12.3. The number of allylic oxidation sites excluding steroid dienone is 1. The number of aromatic nitrogens is 1. The summed E-state index contributed by atoms with van der Waals surface area (Å²) in [5.74, 6) is -0.344. The predicted molar refractivity (Wildman–Crippen MR) is 67.4 cm³/mol. The van der Waals surface area contributed by atoms with Gasteiger partial charge < -0.3 is 4.74 Å². The fraction of sp³-hybridized carbons (Fsp3) is 0.143. The molecule has 0 spiro atoms. The lowest BCUT2D eigenvalue weighted by atomic mass is 10.0. The average Bonchev–Trinajstić information content (AvgIpc) is 2.38. The van der Waals surface area contributed by atoms with Crippen molar-refractivity contribution in [1.29, 1.82) is 0 Å². The number of methoxy groups -OCH3 is 1. The molecule has 0 amide bonds. The highest BCUT2D eigenvalue weighted by Crippen LogP contribution is 2.19. The minimum Gasteiger partial charge on any atom is -0.466 e. The summed E-state index contributed by atoms with van der Waals surface area (Å²) in [6.45, 7) is 1.88. The number of esters is 1. The van der Waals surface area contributed by atoms with Crippen molar-refractivity contribution in [3.05, 3.63) is 48.2 Å². The molecule has 17 heavy (non-hydrogen) atoms. The molecule has 86 valence electrons. The van der Waals surface area contributed by atoms with Gasteiger partial charge >= 0.3 is 5.97 Å². The molecule has 0 bridgehead atoms. The Hall–Kier alpha value is -2.16. The maximum atomic E-state index is 11.1. The standard InChI is InChI=1S/C14H13NO2/c1-10(8-14(16)17-2)12-6-5-11-4-3-7-15-13(11)9-12/h3-9H,1-2H3/b10-8-. The van der Waals surface area contributed by atoms with Crippen molar-refractivity contribution in [2.45, 2.75) is 6.92 Å². The molecular formula is C14H13NO2.